The highest BCUT2D eigenvalue weighted by atomic mass is 32.2. The van der Waals surface area contributed by atoms with E-state index in [4.69, 9.17) is 0 Å². The largest absolute Gasteiger partial charge is 0.333 e. The summed E-state index contributed by atoms with van der Waals surface area (Å²) < 4.78 is 80.8. The quantitative estimate of drug-likeness (QED) is 0.511. The molecule has 0 N–H and O–H groups in total. The predicted octanol–water partition coefficient (Wildman–Crippen LogP) is 4.61. The number of amides is 1. The van der Waals surface area contributed by atoms with Crippen molar-refractivity contribution in [2.24, 2.45) is 0 Å². The molecule has 0 saturated carbocycles. The van der Waals surface area contributed by atoms with Gasteiger partial charge in [-0.15, -0.1) is 0 Å². The molecule has 0 bridgehead atoms. The lowest BCUT2D eigenvalue weighted by Crippen LogP contribution is -2.42. The Morgan fingerprint density at radius 1 is 0.857 bits per heavy atom. The fraction of sp³-hybridized carbons (Fsp3) is 0.320. The van der Waals surface area contributed by atoms with Crippen molar-refractivity contribution in [3.05, 3.63) is 80.6 Å². The average molecular weight is 511 g/mol. The van der Waals surface area contributed by atoms with Gasteiger partial charge in [-0.2, -0.15) is 0 Å². The summed E-state index contributed by atoms with van der Waals surface area (Å²) in [5, 5.41) is 0. The van der Waals surface area contributed by atoms with Gasteiger partial charge in [0.25, 0.3) is 0 Å². The van der Waals surface area contributed by atoms with Crippen molar-refractivity contribution in [1.82, 2.24) is 9.80 Å². The monoisotopic (exact) mass is 510 g/mol. The molecule has 3 rings (SSSR count). The first-order chi connectivity index (χ1) is 16.5. The minimum Gasteiger partial charge on any atom is -0.333 e. The predicted molar refractivity (Wildman–Crippen MR) is 127 cm³/mol. The van der Waals surface area contributed by atoms with Crippen LogP contribution in [0.3, 0.4) is 0 Å². The molecule has 2 aromatic rings. The molecule has 1 heterocycles. The van der Waals surface area contributed by atoms with Gasteiger partial charge < -0.3 is 9.80 Å². The van der Waals surface area contributed by atoms with Crippen molar-refractivity contribution in [2.75, 3.05) is 32.7 Å². The molecule has 0 aliphatic carbocycles. The van der Waals surface area contributed by atoms with E-state index in [-0.39, 0.29) is 46.4 Å². The third-order valence-corrected chi connectivity index (χ3v) is 7.69. The number of carbonyl (C=O) groups excluding carboxylic acids is 1. The molecule has 1 aliphatic rings. The maximum atomic E-state index is 13.7. The molecule has 188 valence electrons. The first kappa shape index (κ1) is 26.6. The Balaban J connectivity index is 2.02. The number of rotatable bonds is 7. The van der Waals surface area contributed by atoms with Crippen LogP contribution in [0.2, 0.25) is 0 Å². The van der Waals surface area contributed by atoms with Crippen molar-refractivity contribution >= 4 is 27.9 Å². The third-order valence-electron chi connectivity index (χ3n) is 5.82. The minimum absolute atomic E-state index is 0.104. The van der Waals surface area contributed by atoms with Gasteiger partial charge >= 0.3 is 0 Å². The number of sulfone groups is 1. The molecule has 0 radical (unpaired) electrons. The first-order valence-corrected chi connectivity index (χ1v) is 12.6. The first-order valence-electron chi connectivity index (χ1n) is 11.1. The van der Waals surface area contributed by atoms with Gasteiger partial charge in [0.05, 0.1) is 22.9 Å². The Hall–Kier alpha value is -2.98. The number of hydrogen-bond donors (Lipinski definition) is 0. The standard InChI is InChI=1S/C25H26F4N2O3S/c1-3-30(4-2)10-9-25(32)31-15-19(11-17-5-7-21(26)23(28)13-17)35(33,34)20(16-31)12-18-6-8-22(27)24(29)14-18/h5-8,11-14H,3-4,9-10,15-16H2,1-2H3/b19-11+,20-12+. The van der Waals surface area contributed by atoms with E-state index in [0.29, 0.717) is 6.54 Å². The summed E-state index contributed by atoms with van der Waals surface area (Å²) in [6, 6.07) is 5.92. The molecule has 10 heteroatoms. The molecule has 0 unspecified atom stereocenters. The van der Waals surface area contributed by atoms with Gasteiger partial charge in [0.2, 0.25) is 15.7 Å². The molecule has 0 atom stereocenters. The van der Waals surface area contributed by atoms with Crippen LogP contribution in [-0.4, -0.2) is 56.8 Å². The van der Waals surface area contributed by atoms with Crippen LogP contribution < -0.4 is 0 Å². The lowest BCUT2D eigenvalue weighted by Gasteiger charge is -2.31. The van der Waals surface area contributed by atoms with Crippen molar-refractivity contribution in [1.29, 1.82) is 0 Å². The van der Waals surface area contributed by atoms with Crippen molar-refractivity contribution in [3.63, 3.8) is 0 Å². The van der Waals surface area contributed by atoms with E-state index in [9.17, 15) is 30.8 Å². The topological polar surface area (TPSA) is 57.7 Å². The molecule has 35 heavy (non-hydrogen) atoms. The summed E-state index contributed by atoms with van der Waals surface area (Å²) >= 11 is 0. The molecular formula is C25H26F4N2O3S. The van der Waals surface area contributed by atoms with Gasteiger partial charge in [0, 0.05) is 13.0 Å². The Labute approximate surface area is 202 Å². The Kier molecular flexibility index (Phi) is 8.50. The normalized spacial score (nSPS) is 18.0. The molecule has 1 amide bonds. The second-order valence-corrected chi connectivity index (χ2v) is 10.2. The van der Waals surface area contributed by atoms with Crippen LogP contribution in [0.25, 0.3) is 12.2 Å². The molecule has 5 nitrogen and oxygen atoms in total. The van der Waals surface area contributed by atoms with Gasteiger partial charge in [-0.3, -0.25) is 4.79 Å². The summed E-state index contributed by atoms with van der Waals surface area (Å²) in [7, 11) is -4.13. The summed E-state index contributed by atoms with van der Waals surface area (Å²) in [5.41, 5.74) is 0.208. The summed E-state index contributed by atoms with van der Waals surface area (Å²) in [6.07, 6.45) is 2.51. The maximum Gasteiger partial charge on any atom is 0.224 e. The lowest BCUT2D eigenvalue weighted by molar-refractivity contribution is -0.130. The molecule has 0 aromatic heterocycles. The zero-order valence-corrected chi connectivity index (χ0v) is 20.2. The number of halogens is 4. The Morgan fingerprint density at radius 2 is 1.31 bits per heavy atom. The van der Waals surface area contributed by atoms with E-state index in [1.807, 2.05) is 13.8 Å². The lowest BCUT2D eigenvalue weighted by atomic mass is 10.2. The van der Waals surface area contributed by atoms with Gasteiger partial charge in [-0.05, 0) is 60.6 Å². The Bertz CT molecular complexity index is 1190. The zero-order valence-electron chi connectivity index (χ0n) is 19.4. The molecule has 2 aromatic carbocycles. The molecule has 1 fully saturated rings. The Morgan fingerprint density at radius 3 is 1.71 bits per heavy atom. The van der Waals surface area contributed by atoms with Gasteiger partial charge in [0.15, 0.2) is 23.3 Å². The van der Waals surface area contributed by atoms with E-state index < -0.39 is 33.1 Å². The highest BCUT2D eigenvalue weighted by Gasteiger charge is 2.34. The summed E-state index contributed by atoms with van der Waals surface area (Å²) in [6.45, 7) is 5.40. The van der Waals surface area contributed by atoms with Crippen LogP contribution in [0, 0.1) is 23.3 Å². The van der Waals surface area contributed by atoms with E-state index in [0.717, 1.165) is 37.4 Å². The smallest absolute Gasteiger partial charge is 0.224 e. The second-order valence-electron chi connectivity index (χ2n) is 8.10. The van der Waals surface area contributed by atoms with Gasteiger partial charge in [-0.25, -0.2) is 26.0 Å². The summed E-state index contributed by atoms with van der Waals surface area (Å²) in [5.74, 6) is -4.73. The molecule has 1 saturated heterocycles. The maximum absolute atomic E-state index is 13.7. The third kappa shape index (κ3) is 6.37. The highest BCUT2D eigenvalue weighted by molar-refractivity contribution is 7.99. The van der Waals surface area contributed by atoms with Crippen LogP contribution in [0.4, 0.5) is 17.6 Å². The minimum atomic E-state index is -4.13. The van der Waals surface area contributed by atoms with Crippen LogP contribution in [-0.2, 0) is 14.6 Å². The SMILES string of the molecule is CCN(CC)CCC(=O)N1C/C(=C\c2ccc(F)c(F)c2)S(=O)(=O)/C(=C/c2ccc(F)c(F)c2)C1. The van der Waals surface area contributed by atoms with Crippen LogP contribution in [0.15, 0.2) is 46.2 Å². The summed E-state index contributed by atoms with van der Waals surface area (Å²) in [4.78, 5) is 16.0. The van der Waals surface area contributed by atoms with Crippen molar-refractivity contribution in [2.45, 2.75) is 20.3 Å². The molecule has 0 spiro atoms. The number of benzene rings is 2. The van der Waals surface area contributed by atoms with Crippen molar-refractivity contribution < 1.29 is 30.8 Å². The van der Waals surface area contributed by atoms with E-state index in [1.165, 1.54) is 29.2 Å². The van der Waals surface area contributed by atoms with E-state index in [1.54, 1.807) is 0 Å². The van der Waals surface area contributed by atoms with Crippen molar-refractivity contribution in [3.8, 4) is 0 Å². The van der Waals surface area contributed by atoms with Crippen LogP contribution >= 0.6 is 0 Å². The molecular weight excluding hydrogens is 484 g/mol. The van der Waals surface area contributed by atoms with Crippen LogP contribution in [0.1, 0.15) is 31.4 Å². The fourth-order valence-corrected chi connectivity index (χ4v) is 5.29. The van der Waals surface area contributed by atoms with E-state index in [2.05, 4.69) is 4.90 Å². The number of carbonyl (C=O) groups is 1. The zero-order chi connectivity index (χ0) is 25.8. The molecule has 1 aliphatic heterocycles. The van der Waals surface area contributed by atoms with E-state index >= 15 is 0 Å². The number of nitrogens with zero attached hydrogens (tertiary/aromatic N) is 2. The highest BCUT2D eigenvalue weighted by Crippen LogP contribution is 2.30. The van der Waals surface area contributed by atoms with Gasteiger partial charge in [0.1, 0.15) is 0 Å². The average Bonchev–Trinajstić information content (AvgIpc) is 2.81. The fourth-order valence-electron chi connectivity index (χ4n) is 3.72. The van der Waals surface area contributed by atoms with Crippen LogP contribution in [0.5, 0.6) is 0 Å². The second kappa shape index (κ2) is 11.2. The van der Waals surface area contributed by atoms with Gasteiger partial charge in [-0.1, -0.05) is 26.0 Å². The number of hydrogen-bond acceptors (Lipinski definition) is 4.